The quantitative estimate of drug-likeness (QED) is 0.890. The molecule has 0 bridgehead atoms. The molecule has 0 aliphatic carbocycles. The van der Waals surface area contributed by atoms with E-state index >= 15 is 0 Å². The average Bonchev–Trinajstić information content (AvgIpc) is 2.89. The summed E-state index contributed by atoms with van der Waals surface area (Å²) in [7, 11) is 3.13. The molecule has 19 heavy (non-hydrogen) atoms. The second kappa shape index (κ2) is 5.53. The van der Waals surface area contributed by atoms with Crippen LogP contribution in [0.15, 0.2) is 28.8 Å². The van der Waals surface area contributed by atoms with E-state index in [4.69, 9.17) is 19.1 Å². The Kier molecular flexibility index (Phi) is 3.82. The highest BCUT2D eigenvalue weighted by Gasteiger charge is 2.15. The molecule has 6 nitrogen and oxygen atoms in total. The number of carbonyl (C=O) groups is 1. The van der Waals surface area contributed by atoms with Gasteiger partial charge in [-0.15, -0.1) is 0 Å². The molecule has 0 fully saturated rings. The number of aromatic carboxylic acids is 1. The Bertz CT molecular complexity index is 590. The van der Waals surface area contributed by atoms with Gasteiger partial charge in [-0.05, 0) is 17.7 Å². The zero-order chi connectivity index (χ0) is 13.8. The molecule has 1 aromatic heterocycles. The third-order valence-electron chi connectivity index (χ3n) is 2.61. The van der Waals surface area contributed by atoms with E-state index in [1.165, 1.54) is 6.07 Å². The van der Waals surface area contributed by atoms with E-state index in [9.17, 15) is 4.79 Å². The van der Waals surface area contributed by atoms with Gasteiger partial charge in [0.1, 0.15) is 5.75 Å². The number of carboxylic acids is 1. The maximum absolute atomic E-state index is 10.8. The molecule has 0 amide bonds. The molecule has 1 N–H and O–H groups in total. The predicted molar refractivity (Wildman–Crippen MR) is 66.2 cm³/mol. The van der Waals surface area contributed by atoms with E-state index in [1.54, 1.807) is 26.4 Å². The molecule has 0 radical (unpaired) electrons. The SMILES string of the molecule is COCc1ccc(OC)cc1-c1cc(C(=O)O)no1. The second-order valence-electron chi connectivity index (χ2n) is 3.84. The number of methoxy groups -OCH3 is 2. The Labute approximate surface area is 109 Å². The van der Waals surface area contributed by atoms with Crippen LogP contribution >= 0.6 is 0 Å². The van der Waals surface area contributed by atoms with E-state index in [-0.39, 0.29) is 5.69 Å². The summed E-state index contributed by atoms with van der Waals surface area (Å²) in [6.07, 6.45) is 0. The van der Waals surface area contributed by atoms with Crippen LogP contribution in [0.3, 0.4) is 0 Å². The molecule has 2 rings (SSSR count). The minimum atomic E-state index is -1.13. The van der Waals surface area contributed by atoms with Crippen LogP contribution in [0, 0.1) is 0 Å². The zero-order valence-corrected chi connectivity index (χ0v) is 10.5. The van der Waals surface area contributed by atoms with Crippen molar-refractivity contribution in [3.8, 4) is 17.1 Å². The summed E-state index contributed by atoms with van der Waals surface area (Å²) >= 11 is 0. The summed E-state index contributed by atoms with van der Waals surface area (Å²) in [4.78, 5) is 10.8. The Balaban J connectivity index is 2.47. The number of ether oxygens (including phenoxy) is 2. The molecule has 0 atom stereocenters. The number of nitrogens with zero attached hydrogens (tertiary/aromatic N) is 1. The van der Waals surface area contributed by atoms with E-state index in [0.717, 1.165) is 5.56 Å². The van der Waals surface area contributed by atoms with Gasteiger partial charge in [0.25, 0.3) is 0 Å². The van der Waals surface area contributed by atoms with Crippen LogP contribution in [0.4, 0.5) is 0 Å². The first-order valence-electron chi connectivity index (χ1n) is 5.52. The van der Waals surface area contributed by atoms with Crippen molar-refractivity contribution in [2.75, 3.05) is 14.2 Å². The molecule has 1 aromatic carbocycles. The van der Waals surface area contributed by atoms with Crippen molar-refractivity contribution in [1.29, 1.82) is 0 Å². The van der Waals surface area contributed by atoms with Gasteiger partial charge in [-0.1, -0.05) is 11.2 Å². The van der Waals surface area contributed by atoms with Gasteiger partial charge < -0.3 is 19.1 Å². The van der Waals surface area contributed by atoms with Gasteiger partial charge in [0, 0.05) is 18.7 Å². The monoisotopic (exact) mass is 263 g/mol. The highest BCUT2D eigenvalue weighted by molar-refractivity contribution is 5.86. The lowest BCUT2D eigenvalue weighted by atomic mass is 10.0. The normalized spacial score (nSPS) is 10.4. The van der Waals surface area contributed by atoms with Gasteiger partial charge in [-0.25, -0.2) is 4.79 Å². The van der Waals surface area contributed by atoms with Gasteiger partial charge in [-0.3, -0.25) is 0 Å². The van der Waals surface area contributed by atoms with Crippen LogP contribution < -0.4 is 4.74 Å². The molecule has 0 aliphatic rings. The number of aromatic nitrogens is 1. The molecule has 0 aliphatic heterocycles. The number of hydrogen-bond acceptors (Lipinski definition) is 5. The van der Waals surface area contributed by atoms with E-state index in [0.29, 0.717) is 23.7 Å². The average molecular weight is 263 g/mol. The van der Waals surface area contributed by atoms with Crippen LogP contribution in [0.25, 0.3) is 11.3 Å². The summed E-state index contributed by atoms with van der Waals surface area (Å²) in [5.41, 5.74) is 1.42. The van der Waals surface area contributed by atoms with Crippen molar-refractivity contribution in [2.24, 2.45) is 0 Å². The number of benzene rings is 1. The first-order valence-corrected chi connectivity index (χ1v) is 5.52. The number of carboxylic acid groups (broad SMARTS) is 1. The minimum Gasteiger partial charge on any atom is -0.497 e. The van der Waals surface area contributed by atoms with Crippen LogP contribution in [0.1, 0.15) is 16.1 Å². The molecule has 0 saturated carbocycles. The lowest BCUT2D eigenvalue weighted by Crippen LogP contribution is -1.95. The third-order valence-corrected chi connectivity index (χ3v) is 2.61. The highest BCUT2D eigenvalue weighted by Crippen LogP contribution is 2.29. The van der Waals surface area contributed by atoms with Crippen molar-refractivity contribution < 1.29 is 23.9 Å². The second-order valence-corrected chi connectivity index (χ2v) is 3.84. The summed E-state index contributed by atoms with van der Waals surface area (Å²) < 4.78 is 15.3. The lowest BCUT2D eigenvalue weighted by Gasteiger charge is -2.08. The molecule has 0 unspecified atom stereocenters. The van der Waals surface area contributed by atoms with Gasteiger partial charge in [0.05, 0.1) is 13.7 Å². The Morgan fingerprint density at radius 1 is 1.37 bits per heavy atom. The Hall–Kier alpha value is -2.34. The first kappa shape index (κ1) is 13.1. The van der Waals surface area contributed by atoms with Gasteiger partial charge in [-0.2, -0.15) is 0 Å². The third kappa shape index (κ3) is 2.74. The van der Waals surface area contributed by atoms with Crippen molar-refractivity contribution in [3.63, 3.8) is 0 Å². The van der Waals surface area contributed by atoms with E-state index in [1.807, 2.05) is 6.07 Å². The molecule has 100 valence electrons. The summed E-state index contributed by atoms with van der Waals surface area (Å²) in [5, 5.41) is 12.3. The van der Waals surface area contributed by atoms with Crippen molar-refractivity contribution in [1.82, 2.24) is 5.16 Å². The van der Waals surface area contributed by atoms with Crippen LogP contribution in [0.2, 0.25) is 0 Å². The van der Waals surface area contributed by atoms with Gasteiger partial charge >= 0.3 is 5.97 Å². The van der Waals surface area contributed by atoms with E-state index in [2.05, 4.69) is 5.16 Å². The lowest BCUT2D eigenvalue weighted by molar-refractivity contribution is 0.0686. The molecular formula is C13H13NO5. The topological polar surface area (TPSA) is 81.8 Å². The number of hydrogen-bond donors (Lipinski definition) is 1. The van der Waals surface area contributed by atoms with Crippen molar-refractivity contribution in [3.05, 3.63) is 35.5 Å². The fraction of sp³-hybridized carbons (Fsp3) is 0.231. The van der Waals surface area contributed by atoms with Crippen molar-refractivity contribution in [2.45, 2.75) is 6.61 Å². The fourth-order valence-corrected chi connectivity index (χ4v) is 1.70. The molecule has 6 heteroatoms. The molecular weight excluding hydrogens is 250 g/mol. The van der Waals surface area contributed by atoms with E-state index < -0.39 is 5.97 Å². The van der Waals surface area contributed by atoms with Crippen LogP contribution in [-0.2, 0) is 11.3 Å². The maximum Gasteiger partial charge on any atom is 0.358 e. The summed E-state index contributed by atoms with van der Waals surface area (Å²) in [6, 6.07) is 6.75. The predicted octanol–water partition coefficient (Wildman–Crippen LogP) is 2.19. The van der Waals surface area contributed by atoms with Crippen LogP contribution in [0.5, 0.6) is 5.75 Å². The highest BCUT2D eigenvalue weighted by atomic mass is 16.5. The number of rotatable bonds is 5. The van der Waals surface area contributed by atoms with Gasteiger partial charge in [0.15, 0.2) is 11.5 Å². The molecule has 0 spiro atoms. The standard InChI is InChI=1S/C13H13NO5/c1-17-7-8-3-4-9(18-2)5-10(8)12-6-11(13(15)16)14-19-12/h3-6H,7H2,1-2H3,(H,15,16). The Morgan fingerprint density at radius 3 is 2.74 bits per heavy atom. The zero-order valence-electron chi connectivity index (χ0n) is 10.5. The van der Waals surface area contributed by atoms with Gasteiger partial charge in [0.2, 0.25) is 0 Å². The molecule has 2 aromatic rings. The smallest absolute Gasteiger partial charge is 0.358 e. The van der Waals surface area contributed by atoms with Crippen LogP contribution in [-0.4, -0.2) is 30.5 Å². The maximum atomic E-state index is 10.8. The Morgan fingerprint density at radius 2 is 2.16 bits per heavy atom. The first-order chi connectivity index (χ1) is 9.15. The molecule has 0 saturated heterocycles. The fourth-order valence-electron chi connectivity index (χ4n) is 1.70. The minimum absolute atomic E-state index is 0.138. The molecule has 1 heterocycles. The summed E-state index contributed by atoms with van der Waals surface area (Å²) in [6.45, 7) is 0.377. The summed E-state index contributed by atoms with van der Waals surface area (Å²) in [5.74, 6) is -0.127. The largest absolute Gasteiger partial charge is 0.497 e. The van der Waals surface area contributed by atoms with Crippen molar-refractivity contribution >= 4 is 5.97 Å².